The van der Waals surface area contributed by atoms with E-state index in [4.69, 9.17) is 5.26 Å². The van der Waals surface area contributed by atoms with Crippen LogP contribution in [-0.4, -0.2) is 6.04 Å². The Morgan fingerprint density at radius 1 is 1.33 bits per heavy atom. The molecule has 0 unspecified atom stereocenters. The van der Waals surface area contributed by atoms with E-state index in [9.17, 15) is 0 Å². The molecule has 0 spiro atoms. The van der Waals surface area contributed by atoms with Gasteiger partial charge in [0, 0.05) is 6.54 Å². The first-order valence-corrected chi connectivity index (χ1v) is 5.47. The molecule has 0 heterocycles. The van der Waals surface area contributed by atoms with Crippen LogP contribution in [0, 0.1) is 12.0 Å². The summed E-state index contributed by atoms with van der Waals surface area (Å²) >= 11 is 0. The van der Waals surface area contributed by atoms with Crippen LogP contribution in [0.5, 0.6) is 0 Å². The van der Waals surface area contributed by atoms with Gasteiger partial charge in [0.2, 0.25) is 0 Å². The summed E-state index contributed by atoms with van der Waals surface area (Å²) in [6.45, 7) is 5.09. The lowest BCUT2D eigenvalue weighted by molar-refractivity contribution is -0.0980. The highest BCUT2D eigenvalue weighted by atomic mass is 14.9. The normalized spacial score (nSPS) is 14.2. The first kappa shape index (κ1) is 11.7. The second-order valence-corrected chi connectivity index (χ2v) is 3.87. The highest BCUT2D eigenvalue weighted by Crippen LogP contribution is 2.07. The van der Waals surface area contributed by atoms with Gasteiger partial charge in [0.1, 0.15) is 6.04 Å². The van der Waals surface area contributed by atoms with Gasteiger partial charge in [0.15, 0.2) is 0 Å². The van der Waals surface area contributed by atoms with Crippen molar-refractivity contribution in [3.05, 3.63) is 35.9 Å². The van der Waals surface area contributed by atoms with E-state index < -0.39 is 0 Å². The molecule has 0 amide bonds. The average Bonchev–Trinajstić information content (AvgIpc) is 2.31. The van der Waals surface area contributed by atoms with E-state index in [2.05, 4.69) is 37.4 Å². The molecular formula is C13H19N2+. The van der Waals surface area contributed by atoms with Crippen molar-refractivity contribution in [2.75, 3.05) is 0 Å². The van der Waals surface area contributed by atoms with E-state index in [1.54, 1.807) is 0 Å². The van der Waals surface area contributed by atoms with Crippen LogP contribution in [0.4, 0.5) is 0 Å². The van der Waals surface area contributed by atoms with Gasteiger partial charge in [-0.05, 0) is 11.5 Å². The Morgan fingerprint density at radius 3 is 2.53 bits per heavy atom. The molecule has 1 rings (SSSR count). The summed E-state index contributed by atoms with van der Waals surface area (Å²) in [4.78, 5) is 0. The topological polar surface area (TPSA) is 35.8 Å². The molecule has 0 aliphatic carbocycles. The number of hydrogen-bond donors (Lipinski definition) is 2. The Labute approximate surface area is 91.9 Å². The smallest absolute Gasteiger partial charge is 0.289 e. The minimum absolute atomic E-state index is 0.0650. The number of hydrogen-bond acceptors (Lipinski definition) is 1. The van der Waals surface area contributed by atoms with Gasteiger partial charge in [-0.25, -0.2) is 0 Å². The number of nitrogens with one attached hydrogen (secondary N) is 2. The fraction of sp³-hybridized carbons (Fsp3) is 0.462. The van der Waals surface area contributed by atoms with Gasteiger partial charge < -0.3 is 0 Å². The summed E-state index contributed by atoms with van der Waals surface area (Å²) in [5.74, 6) is 0.464. The monoisotopic (exact) mass is 203 g/mol. The molecule has 0 aliphatic rings. The lowest BCUT2D eigenvalue weighted by Gasteiger charge is -2.14. The van der Waals surface area contributed by atoms with E-state index in [0.29, 0.717) is 5.92 Å². The van der Waals surface area contributed by atoms with Crippen molar-refractivity contribution in [1.29, 1.82) is 0 Å². The minimum atomic E-state index is 0.0650. The molecule has 0 fully saturated rings. The molecule has 15 heavy (non-hydrogen) atoms. The highest BCUT2D eigenvalue weighted by molar-refractivity contribution is 5.14. The standard InChI is InChI=1S/C13H18N2/c1-3-11(2)13(9-14)15-10-12-7-5-4-6-8-12/h4-8,11,13,15H,3,10H2,1-2H3/p+1/t11-,13+/m1/s1. The Balaban J connectivity index is 2.46. The maximum atomic E-state index is 7.25. The van der Waals surface area contributed by atoms with Gasteiger partial charge in [-0.2, -0.15) is 0 Å². The third kappa shape index (κ3) is 3.73. The maximum Gasteiger partial charge on any atom is 0.289 e. The lowest BCUT2D eigenvalue weighted by Crippen LogP contribution is -2.38. The Morgan fingerprint density at radius 2 is 2.00 bits per heavy atom. The fourth-order valence-corrected chi connectivity index (χ4v) is 1.45. The van der Waals surface area contributed by atoms with Crippen molar-refractivity contribution in [1.82, 2.24) is 5.32 Å². The Bertz CT molecular complexity index is 313. The van der Waals surface area contributed by atoms with Gasteiger partial charge >= 0.3 is 0 Å². The highest BCUT2D eigenvalue weighted by Gasteiger charge is 2.17. The van der Waals surface area contributed by atoms with Crippen LogP contribution in [0.25, 0.3) is 0 Å². The quantitative estimate of drug-likeness (QED) is 0.735. The summed E-state index contributed by atoms with van der Waals surface area (Å²) in [5.41, 5.74) is 1.25. The van der Waals surface area contributed by atoms with Crippen molar-refractivity contribution in [3.63, 3.8) is 0 Å². The fourth-order valence-electron chi connectivity index (χ4n) is 1.45. The molecule has 2 N–H and O–H groups in total. The molecule has 0 bridgehead atoms. The molecular weight excluding hydrogens is 184 g/mol. The van der Waals surface area contributed by atoms with Crippen molar-refractivity contribution >= 4 is 0 Å². The third-order valence-electron chi connectivity index (χ3n) is 2.74. The summed E-state index contributed by atoms with van der Waals surface area (Å²) in [6.07, 6.45) is 1.07. The molecule has 0 saturated heterocycles. The van der Waals surface area contributed by atoms with Gasteiger partial charge in [-0.15, -0.1) is 0 Å². The molecule has 2 atom stereocenters. The number of rotatable bonds is 5. The second kappa shape index (κ2) is 6.21. The van der Waals surface area contributed by atoms with Crippen molar-refractivity contribution in [3.8, 4) is 6.07 Å². The summed E-state index contributed by atoms with van der Waals surface area (Å²) < 4.78 is 0. The van der Waals surface area contributed by atoms with Gasteiger partial charge in [0.05, 0.1) is 0 Å². The van der Waals surface area contributed by atoms with Crippen LogP contribution in [0.2, 0.25) is 0 Å². The predicted octanol–water partition coefficient (Wildman–Crippen LogP) is 0.964. The van der Waals surface area contributed by atoms with Crippen LogP contribution in [0.3, 0.4) is 0 Å². The summed E-state index contributed by atoms with van der Waals surface area (Å²) in [6, 6.07) is 12.9. The van der Waals surface area contributed by atoms with Crippen LogP contribution in [0.15, 0.2) is 30.3 Å². The van der Waals surface area contributed by atoms with E-state index in [1.807, 2.05) is 18.2 Å². The van der Waals surface area contributed by atoms with Crippen molar-refractivity contribution in [2.24, 2.45) is 5.92 Å². The zero-order chi connectivity index (χ0) is 11.1. The zero-order valence-corrected chi connectivity index (χ0v) is 9.46. The van der Waals surface area contributed by atoms with E-state index in [1.165, 1.54) is 5.56 Å². The zero-order valence-electron chi connectivity index (χ0n) is 9.46. The first-order valence-electron chi connectivity index (χ1n) is 5.47. The van der Waals surface area contributed by atoms with Crippen LogP contribution < -0.4 is 10.6 Å². The van der Waals surface area contributed by atoms with Gasteiger partial charge in [0.25, 0.3) is 6.07 Å². The third-order valence-corrected chi connectivity index (χ3v) is 2.74. The largest absolute Gasteiger partial charge is 0.294 e. The summed E-state index contributed by atoms with van der Waals surface area (Å²) in [5, 5.41) is 10.6. The second-order valence-electron chi connectivity index (χ2n) is 3.87. The molecule has 2 heteroatoms. The van der Waals surface area contributed by atoms with E-state index in [-0.39, 0.29) is 6.04 Å². The predicted molar refractivity (Wildman–Crippen MR) is 61.4 cm³/mol. The summed E-state index contributed by atoms with van der Waals surface area (Å²) in [7, 11) is 0. The lowest BCUT2D eigenvalue weighted by atomic mass is 10.0. The van der Waals surface area contributed by atoms with Crippen molar-refractivity contribution in [2.45, 2.75) is 32.9 Å². The number of benzene rings is 1. The van der Waals surface area contributed by atoms with E-state index >= 15 is 0 Å². The minimum Gasteiger partial charge on any atom is -0.294 e. The van der Waals surface area contributed by atoms with Gasteiger partial charge in [-0.3, -0.25) is 5.32 Å². The SMILES string of the molecule is CC[C@@H](C)[C@H](C#[NH+])NCc1ccccc1. The molecule has 80 valence electrons. The van der Waals surface area contributed by atoms with Crippen LogP contribution >= 0.6 is 0 Å². The van der Waals surface area contributed by atoms with Crippen molar-refractivity contribution < 1.29 is 5.26 Å². The molecule has 0 aliphatic heterocycles. The molecule has 1 aromatic carbocycles. The maximum absolute atomic E-state index is 7.25. The molecule has 0 aromatic heterocycles. The van der Waals surface area contributed by atoms with Crippen LogP contribution in [0.1, 0.15) is 25.8 Å². The first-order chi connectivity index (χ1) is 7.27. The Hall–Kier alpha value is -1.33. The van der Waals surface area contributed by atoms with Crippen LogP contribution in [-0.2, 0) is 6.54 Å². The van der Waals surface area contributed by atoms with E-state index in [0.717, 1.165) is 13.0 Å². The average molecular weight is 203 g/mol. The molecule has 2 nitrogen and oxygen atoms in total. The van der Waals surface area contributed by atoms with Gasteiger partial charge in [-0.1, -0.05) is 55.9 Å². The molecule has 0 saturated carbocycles. The Kier molecular flexibility index (Phi) is 4.86. The molecule has 1 aromatic rings. The molecule has 0 radical (unpaired) electrons.